The maximum atomic E-state index is 12.0. The molecule has 17 heavy (non-hydrogen) atoms. The first-order valence-corrected chi connectivity index (χ1v) is 6.57. The SMILES string of the molecule is CC(C)OCC(=O)n1c(=S)sc2ccccc21. The lowest BCUT2D eigenvalue weighted by molar-refractivity contribution is 0.0516. The van der Waals surface area contributed by atoms with Crippen LogP contribution in [0.25, 0.3) is 10.2 Å². The van der Waals surface area contributed by atoms with E-state index in [1.165, 1.54) is 11.3 Å². The molecule has 2 aromatic rings. The maximum absolute atomic E-state index is 12.0. The van der Waals surface area contributed by atoms with E-state index in [4.69, 9.17) is 17.0 Å². The van der Waals surface area contributed by atoms with Crippen molar-refractivity contribution in [3.8, 4) is 0 Å². The molecule has 0 aliphatic heterocycles. The van der Waals surface area contributed by atoms with Gasteiger partial charge in [0.05, 0.1) is 16.3 Å². The van der Waals surface area contributed by atoms with Crippen LogP contribution in [0.3, 0.4) is 0 Å². The number of rotatable bonds is 3. The van der Waals surface area contributed by atoms with Gasteiger partial charge in [-0.15, -0.1) is 11.3 Å². The summed E-state index contributed by atoms with van der Waals surface area (Å²) in [5.74, 6) is -0.110. The Labute approximate surface area is 109 Å². The second-order valence-corrected chi connectivity index (χ2v) is 5.60. The lowest BCUT2D eigenvalue weighted by Crippen LogP contribution is -2.19. The molecule has 0 spiro atoms. The fraction of sp³-hybridized carbons (Fsp3) is 0.333. The molecule has 0 saturated heterocycles. The highest BCUT2D eigenvalue weighted by Gasteiger charge is 2.12. The molecule has 0 bridgehead atoms. The van der Waals surface area contributed by atoms with Crippen LogP contribution < -0.4 is 0 Å². The quantitative estimate of drug-likeness (QED) is 0.798. The minimum absolute atomic E-state index is 0.0398. The first-order chi connectivity index (χ1) is 8.09. The Balaban J connectivity index is 2.38. The van der Waals surface area contributed by atoms with Gasteiger partial charge < -0.3 is 4.74 Å². The summed E-state index contributed by atoms with van der Waals surface area (Å²) in [5, 5.41) is 0. The Morgan fingerprint density at radius 1 is 1.47 bits per heavy atom. The van der Waals surface area contributed by atoms with E-state index in [1.807, 2.05) is 38.1 Å². The van der Waals surface area contributed by atoms with E-state index in [9.17, 15) is 4.79 Å². The van der Waals surface area contributed by atoms with Crippen LogP contribution >= 0.6 is 23.6 Å². The third-order valence-corrected chi connectivity index (χ3v) is 3.63. The molecule has 1 heterocycles. The van der Waals surface area contributed by atoms with Crippen LogP contribution in [0.1, 0.15) is 18.6 Å². The van der Waals surface area contributed by atoms with Gasteiger partial charge in [0.1, 0.15) is 6.61 Å². The highest BCUT2D eigenvalue weighted by Crippen LogP contribution is 2.22. The Hall–Kier alpha value is -1.04. The zero-order valence-electron chi connectivity index (χ0n) is 9.67. The first kappa shape index (κ1) is 12.4. The lowest BCUT2D eigenvalue weighted by Gasteiger charge is -2.07. The van der Waals surface area contributed by atoms with Crippen molar-refractivity contribution in [2.24, 2.45) is 0 Å². The minimum Gasteiger partial charge on any atom is -0.369 e. The maximum Gasteiger partial charge on any atom is 0.258 e. The molecule has 90 valence electrons. The third-order valence-electron chi connectivity index (χ3n) is 2.28. The Morgan fingerprint density at radius 2 is 2.18 bits per heavy atom. The molecule has 0 N–H and O–H groups in total. The van der Waals surface area contributed by atoms with Gasteiger partial charge >= 0.3 is 0 Å². The van der Waals surface area contributed by atoms with Crippen LogP contribution in [-0.2, 0) is 4.74 Å². The van der Waals surface area contributed by atoms with Crippen LogP contribution in [-0.4, -0.2) is 23.2 Å². The largest absolute Gasteiger partial charge is 0.369 e. The van der Waals surface area contributed by atoms with Crippen LogP contribution in [0.5, 0.6) is 0 Å². The highest BCUT2D eigenvalue weighted by molar-refractivity contribution is 7.73. The van der Waals surface area contributed by atoms with Gasteiger partial charge in [0, 0.05) is 0 Å². The number of hydrogen-bond donors (Lipinski definition) is 0. The molecule has 0 amide bonds. The van der Waals surface area contributed by atoms with E-state index in [2.05, 4.69) is 0 Å². The van der Waals surface area contributed by atoms with E-state index < -0.39 is 0 Å². The number of aromatic nitrogens is 1. The summed E-state index contributed by atoms with van der Waals surface area (Å²) in [7, 11) is 0. The van der Waals surface area contributed by atoms with Gasteiger partial charge in [-0.1, -0.05) is 12.1 Å². The summed E-state index contributed by atoms with van der Waals surface area (Å²) in [6, 6.07) is 7.70. The predicted molar refractivity (Wildman–Crippen MR) is 72.4 cm³/mol. The van der Waals surface area contributed by atoms with Crippen molar-refractivity contribution in [3.63, 3.8) is 0 Å². The number of nitrogens with zero attached hydrogens (tertiary/aromatic N) is 1. The van der Waals surface area contributed by atoms with Crippen molar-refractivity contribution >= 4 is 39.7 Å². The number of carbonyl (C=O) groups is 1. The molecule has 0 aliphatic rings. The molecule has 5 heteroatoms. The third kappa shape index (κ3) is 2.62. The summed E-state index contributed by atoms with van der Waals surface area (Å²) in [6.07, 6.45) is 0.0398. The zero-order valence-corrected chi connectivity index (χ0v) is 11.3. The first-order valence-electron chi connectivity index (χ1n) is 5.35. The van der Waals surface area contributed by atoms with Crippen LogP contribution in [0, 0.1) is 3.95 Å². The number of para-hydroxylation sites is 1. The number of ether oxygens (including phenoxy) is 1. The average molecular weight is 267 g/mol. The molecule has 1 aromatic carbocycles. The van der Waals surface area contributed by atoms with Crippen molar-refractivity contribution in [3.05, 3.63) is 28.2 Å². The van der Waals surface area contributed by atoms with Crippen molar-refractivity contribution in [1.82, 2.24) is 4.57 Å². The normalized spacial score (nSPS) is 11.2. The van der Waals surface area contributed by atoms with Gasteiger partial charge in [-0.05, 0) is 38.2 Å². The molecule has 0 aliphatic carbocycles. The Bertz CT molecular complexity index is 598. The summed E-state index contributed by atoms with van der Waals surface area (Å²) >= 11 is 6.66. The molecule has 0 radical (unpaired) electrons. The van der Waals surface area contributed by atoms with E-state index in [1.54, 1.807) is 4.57 Å². The topological polar surface area (TPSA) is 31.2 Å². The van der Waals surface area contributed by atoms with Crippen LogP contribution in [0.2, 0.25) is 0 Å². The van der Waals surface area contributed by atoms with Gasteiger partial charge in [0.2, 0.25) is 0 Å². The standard InChI is InChI=1S/C12H13NO2S2/c1-8(2)15-7-11(14)13-9-5-3-4-6-10(9)17-12(13)16/h3-6,8H,7H2,1-2H3. The van der Waals surface area contributed by atoms with Crippen molar-refractivity contribution < 1.29 is 9.53 Å². The minimum atomic E-state index is -0.110. The highest BCUT2D eigenvalue weighted by atomic mass is 32.1. The number of fused-ring (bicyclic) bond motifs is 1. The zero-order chi connectivity index (χ0) is 12.4. The summed E-state index contributed by atoms with van der Waals surface area (Å²) in [5.41, 5.74) is 0.861. The summed E-state index contributed by atoms with van der Waals surface area (Å²) in [6.45, 7) is 3.86. The lowest BCUT2D eigenvalue weighted by atomic mass is 10.3. The number of benzene rings is 1. The number of carbonyl (C=O) groups excluding carboxylic acids is 1. The summed E-state index contributed by atoms with van der Waals surface area (Å²) < 4.78 is 8.47. The van der Waals surface area contributed by atoms with Crippen LogP contribution in [0.15, 0.2) is 24.3 Å². The van der Waals surface area contributed by atoms with Crippen molar-refractivity contribution in [2.75, 3.05) is 6.61 Å². The molecule has 1 aromatic heterocycles. The van der Waals surface area contributed by atoms with Gasteiger partial charge in [0.25, 0.3) is 5.91 Å². The van der Waals surface area contributed by atoms with E-state index in [-0.39, 0.29) is 18.6 Å². The fourth-order valence-electron chi connectivity index (χ4n) is 1.50. The van der Waals surface area contributed by atoms with Crippen LogP contribution in [0.4, 0.5) is 0 Å². The molecule has 0 atom stereocenters. The van der Waals surface area contributed by atoms with E-state index in [0.717, 1.165) is 10.2 Å². The molecule has 3 nitrogen and oxygen atoms in total. The monoisotopic (exact) mass is 267 g/mol. The van der Waals surface area contributed by atoms with Crippen molar-refractivity contribution in [1.29, 1.82) is 0 Å². The fourth-order valence-corrected chi connectivity index (χ4v) is 2.86. The molecule has 0 unspecified atom stereocenters. The van der Waals surface area contributed by atoms with E-state index >= 15 is 0 Å². The Kier molecular flexibility index (Phi) is 3.71. The second kappa shape index (κ2) is 5.08. The van der Waals surface area contributed by atoms with Crippen molar-refractivity contribution in [2.45, 2.75) is 20.0 Å². The average Bonchev–Trinajstić information content (AvgIpc) is 2.61. The number of thiazole rings is 1. The number of hydrogen-bond acceptors (Lipinski definition) is 4. The molecular formula is C12H13NO2S2. The second-order valence-electron chi connectivity index (χ2n) is 3.92. The van der Waals surface area contributed by atoms with Gasteiger partial charge in [-0.2, -0.15) is 0 Å². The molecule has 0 fully saturated rings. The van der Waals surface area contributed by atoms with Gasteiger partial charge in [-0.25, -0.2) is 0 Å². The Morgan fingerprint density at radius 3 is 2.88 bits per heavy atom. The van der Waals surface area contributed by atoms with E-state index in [0.29, 0.717) is 3.95 Å². The molecular weight excluding hydrogens is 254 g/mol. The summed E-state index contributed by atoms with van der Waals surface area (Å²) in [4.78, 5) is 12.0. The smallest absolute Gasteiger partial charge is 0.258 e. The molecule has 0 saturated carbocycles. The van der Waals surface area contributed by atoms with Gasteiger partial charge in [0.15, 0.2) is 3.95 Å². The van der Waals surface area contributed by atoms with Gasteiger partial charge in [-0.3, -0.25) is 9.36 Å². The molecule has 2 rings (SSSR count). The predicted octanol–water partition coefficient (Wildman–Crippen LogP) is 3.50.